The van der Waals surface area contributed by atoms with Crippen LogP contribution < -0.4 is 0 Å². The quantitative estimate of drug-likeness (QED) is 0.662. The molecule has 0 spiro atoms. The van der Waals surface area contributed by atoms with Gasteiger partial charge in [0.05, 0.1) is 5.60 Å². The van der Waals surface area contributed by atoms with Crippen LogP contribution in [-0.2, 0) is 4.74 Å². The fourth-order valence-electron chi connectivity index (χ4n) is 1.23. The van der Waals surface area contributed by atoms with E-state index in [0.29, 0.717) is 0 Å². The number of ether oxygens (including phenoxy) is 1. The molecule has 0 saturated carbocycles. The number of hydroxylamine groups is 2. The summed E-state index contributed by atoms with van der Waals surface area (Å²) in [4.78, 5) is 0. The molecule has 3 heteroatoms. The van der Waals surface area contributed by atoms with Gasteiger partial charge in [0.15, 0.2) is 0 Å². The SMILES string of the molecule is COC(C)(C)CC(C)(C)N(C)O. The van der Waals surface area contributed by atoms with Crippen molar-refractivity contribution in [1.82, 2.24) is 5.06 Å². The second kappa shape index (κ2) is 3.73. The summed E-state index contributed by atoms with van der Waals surface area (Å²) in [5, 5.41) is 10.5. The molecule has 0 aromatic heterocycles. The van der Waals surface area contributed by atoms with Crippen molar-refractivity contribution in [3.8, 4) is 0 Å². The van der Waals surface area contributed by atoms with Crippen molar-refractivity contribution in [2.45, 2.75) is 45.3 Å². The molecule has 0 rings (SSSR count). The standard InChI is InChI=1S/C9H21NO2/c1-8(2,10(5)11)7-9(3,4)12-6/h11H,7H2,1-6H3. The fraction of sp³-hybridized carbons (Fsp3) is 1.00. The molecule has 0 heterocycles. The Morgan fingerprint density at radius 2 is 1.67 bits per heavy atom. The molecule has 0 aliphatic rings. The van der Waals surface area contributed by atoms with Gasteiger partial charge in [-0.15, -0.1) is 0 Å². The van der Waals surface area contributed by atoms with Gasteiger partial charge in [0.2, 0.25) is 0 Å². The largest absolute Gasteiger partial charge is 0.379 e. The molecule has 0 radical (unpaired) electrons. The van der Waals surface area contributed by atoms with Crippen LogP contribution in [0.5, 0.6) is 0 Å². The summed E-state index contributed by atoms with van der Waals surface area (Å²) in [6.45, 7) is 7.98. The molecule has 74 valence electrons. The van der Waals surface area contributed by atoms with Gasteiger partial charge in [-0.1, -0.05) is 0 Å². The van der Waals surface area contributed by atoms with Crippen molar-refractivity contribution in [2.75, 3.05) is 14.2 Å². The van der Waals surface area contributed by atoms with Gasteiger partial charge in [0.25, 0.3) is 0 Å². The summed E-state index contributed by atoms with van der Waals surface area (Å²) in [5.74, 6) is 0. The molecule has 0 bridgehead atoms. The van der Waals surface area contributed by atoms with Gasteiger partial charge in [-0.25, -0.2) is 0 Å². The Morgan fingerprint density at radius 1 is 1.25 bits per heavy atom. The van der Waals surface area contributed by atoms with Crippen LogP contribution in [0.4, 0.5) is 0 Å². The van der Waals surface area contributed by atoms with Crippen LogP contribution in [0, 0.1) is 0 Å². The number of nitrogens with zero attached hydrogens (tertiary/aromatic N) is 1. The molecule has 0 aliphatic carbocycles. The molecule has 1 N–H and O–H groups in total. The number of methoxy groups -OCH3 is 1. The molecule has 0 aromatic rings. The third-order valence-corrected chi connectivity index (χ3v) is 2.29. The van der Waals surface area contributed by atoms with Crippen molar-refractivity contribution in [3.05, 3.63) is 0 Å². The minimum Gasteiger partial charge on any atom is -0.379 e. The number of hydrogen-bond donors (Lipinski definition) is 1. The van der Waals surface area contributed by atoms with E-state index in [1.807, 2.05) is 27.7 Å². The van der Waals surface area contributed by atoms with E-state index in [-0.39, 0.29) is 11.1 Å². The summed E-state index contributed by atoms with van der Waals surface area (Å²) >= 11 is 0. The van der Waals surface area contributed by atoms with Gasteiger partial charge in [-0.05, 0) is 34.1 Å². The van der Waals surface area contributed by atoms with Crippen LogP contribution in [0.25, 0.3) is 0 Å². The zero-order chi connectivity index (χ0) is 9.99. The average molecular weight is 175 g/mol. The van der Waals surface area contributed by atoms with E-state index in [9.17, 15) is 5.21 Å². The first-order valence-corrected chi connectivity index (χ1v) is 4.19. The molecule has 0 amide bonds. The maximum atomic E-state index is 9.32. The molecule has 0 saturated heterocycles. The Hall–Kier alpha value is -0.120. The van der Waals surface area contributed by atoms with E-state index in [1.165, 1.54) is 5.06 Å². The Kier molecular flexibility index (Phi) is 3.69. The van der Waals surface area contributed by atoms with Crippen LogP contribution >= 0.6 is 0 Å². The lowest BCUT2D eigenvalue weighted by Crippen LogP contribution is -2.45. The molecular weight excluding hydrogens is 154 g/mol. The summed E-state index contributed by atoms with van der Waals surface area (Å²) in [5.41, 5.74) is -0.444. The Balaban J connectivity index is 4.23. The smallest absolute Gasteiger partial charge is 0.0641 e. The molecule has 0 unspecified atom stereocenters. The van der Waals surface area contributed by atoms with Gasteiger partial charge in [-0.2, -0.15) is 5.06 Å². The predicted octanol–water partition coefficient (Wildman–Crippen LogP) is 1.90. The highest BCUT2D eigenvalue weighted by Crippen LogP contribution is 2.25. The van der Waals surface area contributed by atoms with Gasteiger partial charge in [0.1, 0.15) is 0 Å². The molecule has 0 aliphatic heterocycles. The third-order valence-electron chi connectivity index (χ3n) is 2.29. The van der Waals surface area contributed by atoms with E-state index >= 15 is 0 Å². The average Bonchev–Trinajstić information content (AvgIpc) is 1.85. The van der Waals surface area contributed by atoms with Crippen LogP contribution in [-0.4, -0.2) is 35.6 Å². The van der Waals surface area contributed by atoms with Crippen molar-refractivity contribution in [2.24, 2.45) is 0 Å². The highest BCUT2D eigenvalue weighted by molar-refractivity contribution is 4.84. The van der Waals surface area contributed by atoms with Crippen molar-refractivity contribution < 1.29 is 9.94 Å². The van der Waals surface area contributed by atoms with Crippen LogP contribution in [0.3, 0.4) is 0 Å². The maximum Gasteiger partial charge on any atom is 0.0641 e. The van der Waals surface area contributed by atoms with E-state index < -0.39 is 0 Å². The lowest BCUT2D eigenvalue weighted by atomic mass is 9.89. The van der Waals surface area contributed by atoms with Crippen LogP contribution in [0.2, 0.25) is 0 Å². The zero-order valence-electron chi connectivity index (χ0n) is 9.01. The maximum absolute atomic E-state index is 9.32. The minimum absolute atomic E-state index is 0.194. The third kappa shape index (κ3) is 3.52. The minimum atomic E-state index is -0.250. The van der Waals surface area contributed by atoms with Crippen molar-refractivity contribution in [1.29, 1.82) is 0 Å². The second-order valence-electron chi connectivity index (χ2n) is 4.48. The van der Waals surface area contributed by atoms with Crippen LogP contribution in [0.1, 0.15) is 34.1 Å². The van der Waals surface area contributed by atoms with Gasteiger partial charge in [-0.3, -0.25) is 0 Å². The first kappa shape index (κ1) is 11.9. The Bertz CT molecular complexity index is 141. The lowest BCUT2D eigenvalue weighted by molar-refractivity contribution is -0.161. The molecular formula is C9H21NO2. The van der Waals surface area contributed by atoms with E-state index in [4.69, 9.17) is 4.74 Å². The van der Waals surface area contributed by atoms with Gasteiger partial charge in [0, 0.05) is 19.7 Å². The summed E-state index contributed by atoms with van der Waals surface area (Å²) in [6, 6.07) is 0. The summed E-state index contributed by atoms with van der Waals surface area (Å²) in [6.07, 6.45) is 0.781. The van der Waals surface area contributed by atoms with Gasteiger partial charge < -0.3 is 9.94 Å². The van der Waals surface area contributed by atoms with E-state index in [0.717, 1.165) is 6.42 Å². The second-order valence-corrected chi connectivity index (χ2v) is 4.48. The van der Waals surface area contributed by atoms with Crippen molar-refractivity contribution >= 4 is 0 Å². The van der Waals surface area contributed by atoms with Gasteiger partial charge >= 0.3 is 0 Å². The lowest BCUT2D eigenvalue weighted by Gasteiger charge is -2.37. The number of hydrogen-bond acceptors (Lipinski definition) is 3. The monoisotopic (exact) mass is 175 g/mol. The predicted molar refractivity (Wildman–Crippen MR) is 49.3 cm³/mol. The van der Waals surface area contributed by atoms with Crippen molar-refractivity contribution in [3.63, 3.8) is 0 Å². The normalized spacial score (nSPS) is 14.0. The highest BCUT2D eigenvalue weighted by Gasteiger charge is 2.31. The zero-order valence-corrected chi connectivity index (χ0v) is 9.01. The first-order chi connectivity index (χ1) is 5.21. The molecule has 0 fully saturated rings. The molecule has 12 heavy (non-hydrogen) atoms. The summed E-state index contributed by atoms with van der Waals surface area (Å²) in [7, 11) is 3.35. The fourth-order valence-corrected chi connectivity index (χ4v) is 1.23. The number of rotatable bonds is 4. The highest BCUT2D eigenvalue weighted by atomic mass is 16.5. The Labute approximate surface area is 75.3 Å². The molecule has 3 nitrogen and oxygen atoms in total. The van der Waals surface area contributed by atoms with Crippen LogP contribution in [0.15, 0.2) is 0 Å². The topological polar surface area (TPSA) is 32.7 Å². The molecule has 0 aromatic carbocycles. The van der Waals surface area contributed by atoms with E-state index in [1.54, 1.807) is 14.2 Å². The summed E-state index contributed by atoms with van der Waals surface area (Å²) < 4.78 is 5.29. The molecule has 0 atom stereocenters. The van der Waals surface area contributed by atoms with E-state index in [2.05, 4.69) is 0 Å². The first-order valence-electron chi connectivity index (χ1n) is 4.19. The Morgan fingerprint density at radius 3 is 1.92 bits per heavy atom.